The second-order valence-electron chi connectivity index (χ2n) is 6.74. The highest BCUT2D eigenvalue weighted by atomic mass is 32.2. The molecule has 0 amide bonds. The van der Waals surface area contributed by atoms with Crippen molar-refractivity contribution in [2.24, 2.45) is 17.3 Å². The molecule has 0 saturated carbocycles. The molecule has 0 radical (unpaired) electrons. The van der Waals surface area contributed by atoms with Gasteiger partial charge in [-0.25, -0.2) is 4.39 Å². The van der Waals surface area contributed by atoms with E-state index in [1.54, 1.807) is 17.8 Å². The van der Waals surface area contributed by atoms with Crippen LogP contribution in [0.5, 0.6) is 0 Å². The number of halogens is 1. The number of fused-ring (bicyclic) bond motifs is 1. The molecule has 2 heterocycles. The van der Waals surface area contributed by atoms with Crippen LogP contribution in [0.3, 0.4) is 0 Å². The molecule has 1 aliphatic carbocycles. The van der Waals surface area contributed by atoms with E-state index in [9.17, 15) is 9.18 Å². The maximum absolute atomic E-state index is 13.6. The minimum Gasteiger partial charge on any atom is -0.316 e. The zero-order valence-corrected chi connectivity index (χ0v) is 13.4. The average molecular weight is 307 g/mol. The van der Waals surface area contributed by atoms with Gasteiger partial charge in [-0.1, -0.05) is 19.9 Å². The molecular weight excluding hydrogens is 285 g/mol. The van der Waals surface area contributed by atoms with Gasteiger partial charge in [0.1, 0.15) is 5.83 Å². The van der Waals surface area contributed by atoms with E-state index in [1.807, 2.05) is 11.5 Å². The van der Waals surface area contributed by atoms with Crippen molar-refractivity contribution in [1.82, 2.24) is 5.32 Å². The zero-order chi connectivity index (χ0) is 15.0. The van der Waals surface area contributed by atoms with Crippen LogP contribution in [0.4, 0.5) is 4.39 Å². The Morgan fingerprint density at radius 3 is 3.05 bits per heavy atom. The van der Waals surface area contributed by atoms with E-state index in [0.717, 1.165) is 31.5 Å². The van der Waals surface area contributed by atoms with Crippen molar-refractivity contribution < 1.29 is 9.18 Å². The van der Waals surface area contributed by atoms with Gasteiger partial charge in [-0.15, -0.1) is 11.8 Å². The average Bonchev–Trinajstić information content (AvgIpc) is 3.04. The molecule has 2 aliphatic heterocycles. The predicted molar refractivity (Wildman–Crippen MR) is 85.7 cm³/mol. The number of nitrogens with one attached hydrogen (secondary N) is 1. The Kier molecular flexibility index (Phi) is 4.10. The van der Waals surface area contributed by atoms with Crippen molar-refractivity contribution >= 4 is 17.5 Å². The number of hydrogen-bond acceptors (Lipinski definition) is 3. The molecule has 3 atom stereocenters. The lowest BCUT2D eigenvalue weighted by atomic mass is 9.71. The van der Waals surface area contributed by atoms with Crippen LogP contribution >= 0.6 is 11.8 Å². The molecule has 3 aliphatic rings. The van der Waals surface area contributed by atoms with Crippen LogP contribution in [0, 0.1) is 17.3 Å². The van der Waals surface area contributed by atoms with Gasteiger partial charge in [-0.05, 0) is 42.9 Å². The summed E-state index contributed by atoms with van der Waals surface area (Å²) in [6.45, 7) is 5.98. The molecule has 1 fully saturated rings. The van der Waals surface area contributed by atoms with E-state index in [4.69, 9.17) is 0 Å². The summed E-state index contributed by atoms with van der Waals surface area (Å²) in [5.74, 6) is 0.412. The Labute approximate surface area is 129 Å². The highest BCUT2D eigenvalue weighted by Crippen LogP contribution is 2.46. The molecule has 0 bridgehead atoms. The highest BCUT2D eigenvalue weighted by Gasteiger charge is 2.46. The number of thioether (sulfide) groups is 1. The van der Waals surface area contributed by atoms with E-state index in [2.05, 4.69) is 19.2 Å². The van der Waals surface area contributed by atoms with Gasteiger partial charge in [0, 0.05) is 28.7 Å². The van der Waals surface area contributed by atoms with Crippen LogP contribution in [0.15, 0.2) is 35.0 Å². The third kappa shape index (κ3) is 2.76. The molecular formula is C17H22FNOS. The summed E-state index contributed by atoms with van der Waals surface area (Å²) < 4.78 is 13.6. The molecule has 114 valence electrons. The Balaban J connectivity index is 1.86. The molecule has 0 aromatic carbocycles. The topological polar surface area (TPSA) is 29.1 Å². The summed E-state index contributed by atoms with van der Waals surface area (Å²) in [6.07, 6.45) is 6.80. The first-order valence-corrected chi connectivity index (χ1v) is 8.63. The number of hydrogen-bond donors (Lipinski definition) is 1. The monoisotopic (exact) mass is 307 g/mol. The quantitative estimate of drug-likeness (QED) is 0.860. The van der Waals surface area contributed by atoms with E-state index < -0.39 is 0 Å². The van der Waals surface area contributed by atoms with Gasteiger partial charge in [-0.3, -0.25) is 4.79 Å². The first-order chi connectivity index (χ1) is 10.0. The number of allylic oxidation sites excluding steroid dienone is 4. The van der Waals surface area contributed by atoms with Crippen LogP contribution in [0.2, 0.25) is 0 Å². The van der Waals surface area contributed by atoms with Crippen molar-refractivity contribution in [2.45, 2.75) is 31.9 Å². The normalized spacial score (nSPS) is 34.9. The third-order valence-corrected chi connectivity index (χ3v) is 5.79. The first-order valence-electron chi connectivity index (χ1n) is 7.68. The number of carbonyl (C=O) groups excluding carboxylic acids is 1. The second kappa shape index (κ2) is 5.73. The number of carbonyl (C=O) groups is 1. The summed E-state index contributed by atoms with van der Waals surface area (Å²) in [4.78, 5) is 13.2. The summed E-state index contributed by atoms with van der Waals surface area (Å²) in [6, 6.07) is 0. The Hall–Kier alpha value is -0.870. The highest BCUT2D eigenvalue weighted by molar-refractivity contribution is 8.03. The molecule has 3 unspecified atom stereocenters. The van der Waals surface area contributed by atoms with Crippen LogP contribution in [0.25, 0.3) is 0 Å². The van der Waals surface area contributed by atoms with Crippen molar-refractivity contribution in [3.63, 3.8) is 0 Å². The molecule has 0 aromatic heterocycles. The SMILES string of the molecule is CC(C)CC1(C(=O)C2=CSC3C=CC(F)=CC23)CCNC1. The minimum atomic E-state index is -0.291. The lowest BCUT2D eigenvalue weighted by molar-refractivity contribution is -0.125. The number of Topliss-reactive ketones (excluding diaryl/α,β-unsaturated/α-hetero) is 1. The summed E-state index contributed by atoms with van der Waals surface area (Å²) >= 11 is 1.64. The van der Waals surface area contributed by atoms with Gasteiger partial charge < -0.3 is 5.32 Å². The predicted octanol–water partition coefficient (Wildman–Crippen LogP) is 3.62. The fourth-order valence-corrected chi connectivity index (χ4v) is 4.88. The van der Waals surface area contributed by atoms with Crippen LogP contribution in [-0.4, -0.2) is 24.1 Å². The molecule has 0 spiro atoms. The molecule has 21 heavy (non-hydrogen) atoms. The molecule has 1 N–H and O–H groups in total. The van der Waals surface area contributed by atoms with E-state index in [1.165, 1.54) is 6.08 Å². The number of ketones is 1. The van der Waals surface area contributed by atoms with Crippen molar-refractivity contribution in [3.8, 4) is 0 Å². The van der Waals surface area contributed by atoms with E-state index in [0.29, 0.717) is 5.92 Å². The third-order valence-electron chi connectivity index (χ3n) is 4.64. The smallest absolute Gasteiger partial charge is 0.167 e. The first kappa shape index (κ1) is 15.0. The summed E-state index contributed by atoms with van der Waals surface area (Å²) in [5, 5.41) is 5.50. The maximum atomic E-state index is 13.6. The van der Waals surface area contributed by atoms with Gasteiger partial charge >= 0.3 is 0 Å². The Morgan fingerprint density at radius 1 is 1.57 bits per heavy atom. The van der Waals surface area contributed by atoms with E-state index in [-0.39, 0.29) is 28.2 Å². The minimum absolute atomic E-state index is 0.0860. The van der Waals surface area contributed by atoms with Gasteiger partial charge in [0.2, 0.25) is 0 Å². The molecule has 4 heteroatoms. The van der Waals surface area contributed by atoms with Crippen molar-refractivity contribution in [1.29, 1.82) is 0 Å². The van der Waals surface area contributed by atoms with Gasteiger partial charge in [0.25, 0.3) is 0 Å². The largest absolute Gasteiger partial charge is 0.316 e. The van der Waals surface area contributed by atoms with Crippen LogP contribution in [0.1, 0.15) is 26.7 Å². The van der Waals surface area contributed by atoms with Gasteiger partial charge in [0.05, 0.1) is 0 Å². The Morgan fingerprint density at radius 2 is 2.38 bits per heavy atom. The maximum Gasteiger partial charge on any atom is 0.167 e. The van der Waals surface area contributed by atoms with E-state index >= 15 is 0 Å². The second-order valence-corrected chi connectivity index (χ2v) is 7.80. The van der Waals surface area contributed by atoms with Crippen LogP contribution < -0.4 is 5.32 Å². The van der Waals surface area contributed by atoms with Crippen molar-refractivity contribution in [2.75, 3.05) is 13.1 Å². The Bertz CT molecular complexity index is 529. The van der Waals surface area contributed by atoms with Gasteiger partial charge in [-0.2, -0.15) is 0 Å². The number of rotatable bonds is 4. The molecule has 2 nitrogen and oxygen atoms in total. The summed E-state index contributed by atoms with van der Waals surface area (Å²) in [5.41, 5.74) is 0.523. The lowest BCUT2D eigenvalue weighted by Crippen LogP contribution is -2.37. The fourth-order valence-electron chi connectivity index (χ4n) is 3.75. The molecule has 1 saturated heterocycles. The zero-order valence-electron chi connectivity index (χ0n) is 12.6. The molecule has 0 aromatic rings. The van der Waals surface area contributed by atoms with Gasteiger partial charge in [0.15, 0.2) is 5.78 Å². The lowest BCUT2D eigenvalue weighted by Gasteiger charge is -2.31. The summed E-state index contributed by atoms with van der Waals surface area (Å²) in [7, 11) is 0. The van der Waals surface area contributed by atoms with Crippen LogP contribution in [-0.2, 0) is 4.79 Å². The standard InChI is InChI=1S/C17H22FNOS/c1-11(2)8-17(5-6-19-10-17)16(20)14-9-21-15-4-3-12(18)7-13(14)15/h3-4,7,9,11,13,15,19H,5-6,8,10H2,1-2H3. The fraction of sp³-hybridized carbons (Fsp3) is 0.588. The molecule has 3 rings (SSSR count). The van der Waals surface area contributed by atoms with Crippen molar-refractivity contribution in [3.05, 3.63) is 35.0 Å².